The molecule has 4 nitrogen and oxygen atoms in total. The van der Waals surface area contributed by atoms with Crippen molar-refractivity contribution < 1.29 is 13.2 Å². The summed E-state index contributed by atoms with van der Waals surface area (Å²) in [6.07, 6.45) is 2.13. The average molecular weight is 318 g/mol. The Hall–Kier alpha value is -1.07. The second-order valence-corrected chi connectivity index (χ2v) is 7.70. The fourth-order valence-corrected chi connectivity index (χ4v) is 3.70. The summed E-state index contributed by atoms with van der Waals surface area (Å²) >= 11 is 5.83. The standard InChI is InChI=1S/C14H20ClNO3S/c1-4-14(5-2,20(3,18)19)10-16-13(17)11-7-6-8-12(15)9-11/h6-9H,4-5,10H2,1-3H3,(H,16,17). The van der Waals surface area contributed by atoms with Crippen LogP contribution in [0.25, 0.3) is 0 Å². The number of sulfone groups is 1. The monoisotopic (exact) mass is 317 g/mol. The van der Waals surface area contributed by atoms with Gasteiger partial charge in [0.1, 0.15) is 0 Å². The van der Waals surface area contributed by atoms with Crippen LogP contribution in [0.15, 0.2) is 24.3 Å². The number of hydrogen-bond donors (Lipinski definition) is 1. The number of amides is 1. The van der Waals surface area contributed by atoms with Gasteiger partial charge in [0.15, 0.2) is 9.84 Å². The molecule has 1 rings (SSSR count). The highest BCUT2D eigenvalue weighted by molar-refractivity contribution is 7.92. The third-order valence-corrected chi connectivity index (χ3v) is 6.26. The quantitative estimate of drug-likeness (QED) is 0.877. The van der Waals surface area contributed by atoms with E-state index >= 15 is 0 Å². The molecule has 0 saturated heterocycles. The van der Waals surface area contributed by atoms with Gasteiger partial charge in [0.25, 0.3) is 5.91 Å². The first-order chi connectivity index (χ1) is 9.25. The summed E-state index contributed by atoms with van der Waals surface area (Å²) in [5.74, 6) is -0.317. The number of rotatable bonds is 6. The number of benzene rings is 1. The van der Waals surface area contributed by atoms with Crippen molar-refractivity contribution in [2.75, 3.05) is 12.8 Å². The van der Waals surface area contributed by atoms with Crippen LogP contribution in [0.3, 0.4) is 0 Å². The number of halogens is 1. The Balaban J connectivity index is 2.87. The van der Waals surface area contributed by atoms with E-state index in [4.69, 9.17) is 11.6 Å². The number of nitrogens with one attached hydrogen (secondary N) is 1. The van der Waals surface area contributed by atoms with Gasteiger partial charge in [-0.3, -0.25) is 4.79 Å². The zero-order chi connectivity index (χ0) is 15.4. The van der Waals surface area contributed by atoms with Gasteiger partial charge in [-0.05, 0) is 31.0 Å². The minimum Gasteiger partial charge on any atom is -0.350 e. The molecule has 1 aromatic rings. The molecule has 112 valence electrons. The van der Waals surface area contributed by atoms with Crippen LogP contribution in [0, 0.1) is 0 Å². The molecule has 0 aliphatic rings. The van der Waals surface area contributed by atoms with Crippen molar-refractivity contribution in [1.82, 2.24) is 5.32 Å². The topological polar surface area (TPSA) is 63.2 Å². The third kappa shape index (κ3) is 3.73. The fraction of sp³-hybridized carbons (Fsp3) is 0.500. The minimum atomic E-state index is -3.25. The van der Waals surface area contributed by atoms with Crippen molar-refractivity contribution in [3.63, 3.8) is 0 Å². The maximum atomic E-state index is 12.0. The molecule has 0 heterocycles. The predicted octanol–water partition coefficient (Wildman–Crippen LogP) is 2.67. The van der Waals surface area contributed by atoms with E-state index in [1.807, 2.05) is 13.8 Å². The van der Waals surface area contributed by atoms with Crippen LogP contribution < -0.4 is 5.32 Å². The van der Waals surface area contributed by atoms with E-state index in [-0.39, 0.29) is 12.5 Å². The summed E-state index contributed by atoms with van der Waals surface area (Å²) in [5.41, 5.74) is 0.423. The van der Waals surface area contributed by atoms with Crippen LogP contribution in [-0.4, -0.2) is 31.9 Å². The van der Waals surface area contributed by atoms with Crippen LogP contribution in [0.2, 0.25) is 5.02 Å². The van der Waals surface area contributed by atoms with E-state index in [9.17, 15) is 13.2 Å². The van der Waals surface area contributed by atoms with E-state index in [1.54, 1.807) is 24.3 Å². The molecular weight excluding hydrogens is 298 g/mol. The predicted molar refractivity (Wildman–Crippen MR) is 81.9 cm³/mol. The Labute approximate surface area is 125 Å². The average Bonchev–Trinajstić information content (AvgIpc) is 2.38. The zero-order valence-corrected chi connectivity index (χ0v) is 13.5. The molecule has 0 aliphatic carbocycles. The second-order valence-electron chi connectivity index (χ2n) is 4.86. The van der Waals surface area contributed by atoms with Crippen molar-refractivity contribution in [2.45, 2.75) is 31.4 Å². The van der Waals surface area contributed by atoms with Gasteiger partial charge < -0.3 is 5.32 Å². The molecule has 1 N–H and O–H groups in total. The van der Waals surface area contributed by atoms with Crippen molar-refractivity contribution in [1.29, 1.82) is 0 Å². The van der Waals surface area contributed by atoms with Gasteiger partial charge in [0, 0.05) is 23.4 Å². The summed E-state index contributed by atoms with van der Waals surface area (Å²) in [7, 11) is -3.25. The molecule has 0 aromatic heterocycles. The smallest absolute Gasteiger partial charge is 0.251 e. The summed E-state index contributed by atoms with van der Waals surface area (Å²) in [6.45, 7) is 3.73. The van der Waals surface area contributed by atoms with Gasteiger partial charge in [-0.25, -0.2) is 8.42 Å². The third-order valence-electron chi connectivity index (χ3n) is 3.73. The van der Waals surface area contributed by atoms with Crippen molar-refractivity contribution >= 4 is 27.3 Å². The lowest BCUT2D eigenvalue weighted by Gasteiger charge is -2.29. The molecule has 20 heavy (non-hydrogen) atoms. The van der Waals surface area contributed by atoms with E-state index in [2.05, 4.69) is 5.32 Å². The first-order valence-electron chi connectivity index (χ1n) is 6.49. The van der Waals surface area contributed by atoms with Crippen molar-refractivity contribution in [3.8, 4) is 0 Å². The van der Waals surface area contributed by atoms with Gasteiger partial charge in [0.05, 0.1) is 4.75 Å². The summed E-state index contributed by atoms with van der Waals surface area (Å²) in [4.78, 5) is 12.0. The van der Waals surface area contributed by atoms with Crippen molar-refractivity contribution in [2.24, 2.45) is 0 Å². The van der Waals surface area contributed by atoms with Crippen LogP contribution in [0.1, 0.15) is 37.0 Å². The van der Waals surface area contributed by atoms with E-state index in [0.29, 0.717) is 23.4 Å². The van der Waals surface area contributed by atoms with Gasteiger partial charge in [-0.15, -0.1) is 0 Å². The minimum absolute atomic E-state index is 0.101. The van der Waals surface area contributed by atoms with E-state index in [0.717, 1.165) is 0 Å². The lowest BCUT2D eigenvalue weighted by atomic mass is 10.0. The maximum absolute atomic E-state index is 12.0. The Morgan fingerprint density at radius 1 is 1.30 bits per heavy atom. The van der Waals surface area contributed by atoms with E-state index < -0.39 is 14.6 Å². The molecule has 0 radical (unpaired) electrons. The Morgan fingerprint density at radius 3 is 2.35 bits per heavy atom. The molecule has 0 saturated carbocycles. The lowest BCUT2D eigenvalue weighted by molar-refractivity contribution is 0.0948. The van der Waals surface area contributed by atoms with Crippen LogP contribution in [0.5, 0.6) is 0 Å². The van der Waals surface area contributed by atoms with E-state index in [1.165, 1.54) is 6.26 Å². The normalized spacial score (nSPS) is 12.2. The molecule has 0 bridgehead atoms. The highest BCUT2D eigenvalue weighted by Gasteiger charge is 2.37. The maximum Gasteiger partial charge on any atom is 0.251 e. The summed E-state index contributed by atoms with van der Waals surface area (Å²) in [6, 6.07) is 6.55. The number of carbonyl (C=O) groups excluding carboxylic acids is 1. The van der Waals surface area contributed by atoms with Gasteiger partial charge in [-0.2, -0.15) is 0 Å². The zero-order valence-electron chi connectivity index (χ0n) is 11.9. The summed E-state index contributed by atoms with van der Waals surface area (Å²) in [5, 5.41) is 3.17. The molecule has 0 spiro atoms. The highest BCUT2D eigenvalue weighted by Crippen LogP contribution is 2.24. The molecule has 0 unspecified atom stereocenters. The lowest BCUT2D eigenvalue weighted by Crippen LogP contribution is -2.47. The van der Waals surface area contributed by atoms with Crippen LogP contribution >= 0.6 is 11.6 Å². The van der Waals surface area contributed by atoms with Gasteiger partial charge in [-0.1, -0.05) is 31.5 Å². The number of carbonyl (C=O) groups is 1. The van der Waals surface area contributed by atoms with Crippen LogP contribution in [0.4, 0.5) is 0 Å². The summed E-state index contributed by atoms with van der Waals surface area (Å²) < 4.78 is 23.0. The SMILES string of the molecule is CCC(CC)(CNC(=O)c1cccc(Cl)c1)S(C)(=O)=O. The highest BCUT2D eigenvalue weighted by atomic mass is 35.5. The number of hydrogen-bond acceptors (Lipinski definition) is 3. The molecule has 0 aliphatic heterocycles. The first kappa shape index (κ1) is 17.0. The first-order valence-corrected chi connectivity index (χ1v) is 8.76. The molecule has 6 heteroatoms. The van der Waals surface area contributed by atoms with Gasteiger partial charge >= 0.3 is 0 Å². The second kappa shape index (κ2) is 6.59. The molecule has 1 aromatic carbocycles. The Bertz CT molecular complexity index is 580. The fourth-order valence-electron chi connectivity index (χ4n) is 2.13. The van der Waals surface area contributed by atoms with Crippen molar-refractivity contribution in [3.05, 3.63) is 34.9 Å². The van der Waals surface area contributed by atoms with Crippen LogP contribution in [-0.2, 0) is 9.84 Å². The Kier molecular flexibility index (Phi) is 5.59. The molecule has 0 atom stereocenters. The Morgan fingerprint density at radius 2 is 1.90 bits per heavy atom. The molecular formula is C14H20ClNO3S. The molecule has 1 amide bonds. The molecule has 0 fully saturated rings. The van der Waals surface area contributed by atoms with Gasteiger partial charge in [0.2, 0.25) is 0 Å². The largest absolute Gasteiger partial charge is 0.350 e.